The van der Waals surface area contributed by atoms with Gasteiger partial charge in [-0.2, -0.15) is 0 Å². The molecule has 3 rings (SSSR count). The summed E-state index contributed by atoms with van der Waals surface area (Å²) in [5.74, 6) is 1.32. The van der Waals surface area contributed by atoms with Crippen molar-refractivity contribution in [3.8, 4) is 11.5 Å². The van der Waals surface area contributed by atoms with Crippen LogP contribution in [-0.2, 0) is 4.79 Å². The van der Waals surface area contributed by atoms with Gasteiger partial charge in [0.05, 0.1) is 24.3 Å². The molecule has 0 N–H and O–H groups in total. The molecule has 0 bridgehead atoms. The highest BCUT2D eigenvalue weighted by atomic mass is 32.2. The number of aliphatic imine (C=N–C) groups is 1. The molecule has 2 aromatic rings. The van der Waals surface area contributed by atoms with Gasteiger partial charge in [0.25, 0.3) is 5.91 Å². The molecule has 1 saturated heterocycles. The van der Waals surface area contributed by atoms with Crippen molar-refractivity contribution in [2.24, 2.45) is 4.99 Å². The van der Waals surface area contributed by atoms with Crippen LogP contribution in [-0.4, -0.2) is 36.2 Å². The Bertz CT molecular complexity index is 936. The first-order valence-electron chi connectivity index (χ1n) is 9.73. The Kier molecular flexibility index (Phi) is 6.99. The zero-order chi connectivity index (χ0) is 20.8. The molecule has 6 heteroatoms. The molecule has 1 fully saturated rings. The lowest BCUT2D eigenvalue weighted by Crippen LogP contribution is -2.29. The van der Waals surface area contributed by atoms with Crippen LogP contribution < -0.4 is 9.47 Å². The normalized spacial score (nSPS) is 16.7. The van der Waals surface area contributed by atoms with Crippen molar-refractivity contribution in [2.45, 2.75) is 27.2 Å². The fourth-order valence-corrected chi connectivity index (χ4v) is 3.97. The maximum Gasteiger partial charge on any atom is 0.266 e. The molecule has 0 unspecified atom stereocenters. The summed E-state index contributed by atoms with van der Waals surface area (Å²) in [6.45, 7) is 7.23. The lowest BCUT2D eigenvalue weighted by atomic mass is 10.2. The number of ether oxygens (including phenoxy) is 2. The van der Waals surface area contributed by atoms with Gasteiger partial charge in [-0.1, -0.05) is 30.7 Å². The Labute approximate surface area is 176 Å². The van der Waals surface area contributed by atoms with Crippen LogP contribution in [0.1, 0.15) is 31.4 Å². The molecular formula is C23H26N2O3S. The van der Waals surface area contributed by atoms with Gasteiger partial charge in [0.15, 0.2) is 16.7 Å². The second kappa shape index (κ2) is 9.65. The Morgan fingerprint density at radius 2 is 1.86 bits per heavy atom. The molecule has 1 amide bonds. The number of carbonyl (C=O) groups excluding carboxylic acids is 1. The summed E-state index contributed by atoms with van der Waals surface area (Å²) in [5.41, 5.74) is 2.91. The molecule has 1 heterocycles. The van der Waals surface area contributed by atoms with E-state index in [1.165, 1.54) is 17.3 Å². The van der Waals surface area contributed by atoms with E-state index in [4.69, 9.17) is 14.5 Å². The number of nitrogens with zero attached hydrogens (tertiary/aromatic N) is 2. The van der Waals surface area contributed by atoms with E-state index in [1.54, 1.807) is 12.0 Å². The molecule has 0 radical (unpaired) electrons. The van der Waals surface area contributed by atoms with Crippen LogP contribution in [0.2, 0.25) is 0 Å². The van der Waals surface area contributed by atoms with Crippen LogP contribution >= 0.6 is 11.8 Å². The van der Waals surface area contributed by atoms with Crippen LogP contribution in [0.25, 0.3) is 6.08 Å². The van der Waals surface area contributed by atoms with E-state index >= 15 is 0 Å². The second-order valence-corrected chi connectivity index (χ2v) is 7.65. The van der Waals surface area contributed by atoms with Gasteiger partial charge in [0.1, 0.15) is 0 Å². The lowest BCUT2D eigenvalue weighted by molar-refractivity contribution is -0.122. The minimum atomic E-state index is -0.0180. The number of thioether (sulfide) groups is 1. The van der Waals surface area contributed by atoms with Crippen molar-refractivity contribution in [2.75, 3.05) is 20.3 Å². The number of methoxy groups -OCH3 is 1. The van der Waals surface area contributed by atoms with Gasteiger partial charge < -0.3 is 9.47 Å². The highest BCUT2D eigenvalue weighted by molar-refractivity contribution is 8.18. The van der Waals surface area contributed by atoms with E-state index in [-0.39, 0.29) is 5.91 Å². The average Bonchev–Trinajstić information content (AvgIpc) is 3.00. The number of amidine groups is 1. The first-order chi connectivity index (χ1) is 14.0. The zero-order valence-electron chi connectivity index (χ0n) is 17.3. The Morgan fingerprint density at radius 3 is 2.52 bits per heavy atom. The van der Waals surface area contributed by atoms with Crippen LogP contribution in [0.4, 0.5) is 5.69 Å². The SMILES string of the molecule is CCCN1C(=O)/C(=C\c2ccc(OCC)c(OC)c2)SC1=Nc1ccc(C)cc1. The van der Waals surface area contributed by atoms with Crippen molar-refractivity contribution in [1.29, 1.82) is 0 Å². The summed E-state index contributed by atoms with van der Waals surface area (Å²) in [5, 5.41) is 0.713. The van der Waals surface area contributed by atoms with Gasteiger partial charge in [0.2, 0.25) is 0 Å². The molecule has 0 saturated carbocycles. The van der Waals surface area contributed by atoms with Crippen LogP contribution in [0.5, 0.6) is 11.5 Å². The van der Waals surface area contributed by atoms with Crippen LogP contribution in [0.3, 0.4) is 0 Å². The van der Waals surface area contributed by atoms with Crippen molar-refractivity contribution >= 4 is 34.6 Å². The summed E-state index contributed by atoms with van der Waals surface area (Å²) in [6.07, 6.45) is 2.74. The third-order valence-corrected chi connectivity index (χ3v) is 5.39. The minimum absolute atomic E-state index is 0.0180. The smallest absolute Gasteiger partial charge is 0.266 e. The third-order valence-electron chi connectivity index (χ3n) is 4.38. The van der Waals surface area contributed by atoms with Crippen LogP contribution in [0.15, 0.2) is 52.4 Å². The molecule has 2 aromatic carbocycles. The molecule has 29 heavy (non-hydrogen) atoms. The second-order valence-electron chi connectivity index (χ2n) is 6.64. The number of aryl methyl sites for hydroxylation is 1. The van der Waals surface area contributed by atoms with E-state index < -0.39 is 0 Å². The van der Waals surface area contributed by atoms with Gasteiger partial charge in [-0.3, -0.25) is 9.69 Å². The van der Waals surface area contributed by atoms with E-state index in [0.717, 1.165) is 17.7 Å². The predicted octanol–water partition coefficient (Wildman–Crippen LogP) is 5.42. The molecule has 1 aliphatic heterocycles. The van der Waals surface area contributed by atoms with E-state index in [2.05, 4.69) is 6.92 Å². The summed E-state index contributed by atoms with van der Waals surface area (Å²) in [4.78, 5) is 20.1. The van der Waals surface area contributed by atoms with Gasteiger partial charge in [0, 0.05) is 6.54 Å². The summed E-state index contributed by atoms with van der Waals surface area (Å²) < 4.78 is 11.0. The molecule has 0 aromatic heterocycles. The number of benzene rings is 2. The number of hydrogen-bond donors (Lipinski definition) is 0. The zero-order valence-corrected chi connectivity index (χ0v) is 18.1. The maximum atomic E-state index is 13.0. The van der Waals surface area contributed by atoms with Gasteiger partial charge in [-0.25, -0.2) is 4.99 Å². The summed E-state index contributed by atoms with van der Waals surface area (Å²) in [7, 11) is 1.61. The minimum Gasteiger partial charge on any atom is -0.493 e. The predicted molar refractivity (Wildman–Crippen MR) is 120 cm³/mol. The first kappa shape index (κ1) is 21.0. The summed E-state index contributed by atoms with van der Waals surface area (Å²) >= 11 is 1.40. The Hall–Kier alpha value is -2.73. The van der Waals surface area contributed by atoms with Crippen molar-refractivity contribution in [3.63, 3.8) is 0 Å². The quantitative estimate of drug-likeness (QED) is 0.572. The number of hydrogen-bond acceptors (Lipinski definition) is 5. The average molecular weight is 411 g/mol. The van der Waals surface area contributed by atoms with E-state index in [0.29, 0.717) is 34.7 Å². The van der Waals surface area contributed by atoms with Gasteiger partial charge in [-0.15, -0.1) is 0 Å². The highest BCUT2D eigenvalue weighted by Crippen LogP contribution is 2.36. The Balaban J connectivity index is 1.91. The van der Waals surface area contributed by atoms with Crippen molar-refractivity contribution in [3.05, 3.63) is 58.5 Å². The lowest BCUT2D eigenvalue weighted by Gasteiger charge is -2.14. The molecule has 0 atom stereocenters. The molecule has 152 valence electrons. The molecule has 5 nitrogen and oxygen atoms in total. The fraction of sp³-hybridized carbons (Fsp3) is 0.304. The van der Waals surface area contributed by atoms with E-state index in [1.807, 2.05) is 62.4 Å². The number of carbonyl (C=O) groups is 1. The largest absolute Gasteiger partial charge is 0.493 e. The standard InChI is InChI=1S/C23H26N2O3S/c1-5-13-25-22(26)21(29-23(25)24-18-10-7-16(3)8-11-18)15-17-9-12-19(28-6-2)20(14-17)27-4/h7-12,14-15H,5-6,13H2,1-4H3/b21-15+,24-23?. The first-order valence-corrected chi connectivity index (χ1v) is 10.5. The van der Waals surface area contributed by atoms with Gasteiger partial charge in [-0.05, 0) is 67.9 Å². The summed E-state index contributed by atoms with van der Waals surface area (Å²) in [6, 6.07) is 13.7. The maximum absolute atomic E-state index is 13.0. The number of amides is 1. The number of rotatable bonds is 7. The van der Waals surface area contributed by atoms with E-state index in [9.17, 15) is 4.79 Å². The van der Waals surface area contributed by atoms with Crippen molar-refractivity contribution in [1.82, 2.24) is 4.90 Å². The topological polar surface area (TPSA) is 51.1 Å². The van der Waals surface area contributed by atoms with Crippen molar-refractivity contribution < 1.29 is 14.3 Å². The Morgan fingerprint density at radius 1 is 1.10 bits per heavy atom. The fourth-order valence-electron chi connectivity index (χ4n) is 2.94. The van der Waals surface area contributed by atoms with Crippen LogP contribution in [0, 0.1) is 6.92 Å². The molecular weight excluding hydrogens is 384 g/mol. The molecule has 1 aliphatic rings. The monoisotopic (exact) mass is 410 g/mol. The highest BCUT2D eigenvalue weighted by Gasteiger charge is 2.32. The molecule has 0 spiro atoms. The third kappa shape index (κ3) is 5.01. The molecule has 0 aliphatic carbocycles. The van der Waals surface area contributed by atoms with Gasteiger partial charge >= 0.3 is 0 Å².